The van der Waals surface area contributed by atoms with Gasteiger partial charge in [0.25, 0.3) is 5.56 Å². The molecule has 6 nitrogen and oxygen atoms in total. The van der Waals surface area contributed by atoms with Crippen LogP contribution in [0.25, 0.3) is 28.2 Å². The number of hydrogen-bond donors (Lipinski definition) is 0. The van der Waals surface area contributed by atoms with Crippen molar-refractivity contribution in [2.24, 2.45) is 0 Å². The lowest BCUT2D eigenvalue weighted by atomic mass is 10.0. The molecule has 26 heavy (non-hydrogen) atoms. The van der Waals surface area contributed by atoms with Crippen LogP contribution in [0.3, 0.4) is 0 Å². The van der Waals surface area contributed by atoms with Gasteiger partial charge in [-0.2, -0.15) is 19.9 Å². The van der Waals surface area contributed by atoms with Crippen molar-refractivity contribution in [2.45, 2.75) is 6.92 Å². The minimum absolute atomic E-state index is 0.111. The summed E-state index contributed by atoms with van der Waals surface area (Å²) in [7, 11) is 0. The zero-order valence-electron chi connectivity index (χ0n) is 13.9. The van der Waals surface area contributed by atoms with E-state index in [1.165, 1.54) is 4.52 Å². The lowest BCUT2D eigenvalue weighted by molar-refractivity contribution is 0.813. The van der Waals surface area contributed by atoms with Crippen molar-refractivity contribution in [3.05, 3.63) is 82.4 Å². The second-order valence-electron chi connectivity index (χ2n) is 5.73. The lowest BCUT2D eigenvalue weighted by Gasteiger charge is -2.12. The molecule has 4 aromatic rings. The summed E-state index contributed by atoms with van der Waals surface area (Å²) in [5, 5.41) is 14.1. The highest BCUT2D eigenvalue weighted by molar-refractivity contribution is 5.79. The maximum atomic E-state index is 12.1. The number of nitriles is 1. The summed E-state index contributed by atoms with van der Waals surface area (Å²) in [6.07, 6.45) is 0. The Bertz CT molecular complexity index is 1210. The van der Waals surface area contributed by atoms with Crippen LogP contribution in [0.15, 0.2) is 65.5 Å². The van der Waals surface area contributed by atoms with Gasteiger partial charge in [-0.15, -0.1) is 0 Å². The molecule has 6 heteroatoms. The summed E-state index contributed by atoms with van der Waals surface area (Å²) in [5.74, 6) is 0.383. The Balaban J connectivity index is 2.16. The smallest absolute Gasteiger partial charge is 0.266 e. The number of nitrogens with zero attached hydrogens (tertiary/aromatic N) is 5. The highest BCUT2D eigenvalue weighted by Gasteiger charge is 2.18. The summed E-state index contributed by atoms with van der Waals surface area (Å²) >= 11 is 0. The molecular weight excluding hydrogens is 326 g/mol. The van der Waals surface area contributed by atoms with E-state index < -0.39 is 5.56 Å². The minimum Gasteiger partial charge on any atom is -0.266 e. The normalized spacial score (nSPS) is 10.6. The maximum absolute atomic E-state index is 12.1. The lowest BCUT2D eigenvalue weighted by Crippen LogP contribution is -2.19. The van der Waals surface area contributed by atoms with Gasteiger partial charge in [-0.1, -0.05) is 60.7 Å². The van der Waals surface area contributed by atoms with E-state index in [0.717, 1.165) is 11.1 Å². The molecule has 2 aromatic carbocycles. The number of hydrogen-bond acceptors (Lipinski definition) is 5. The molecule has 0 aliphatic heterocycles. The molecule has 0 spiro atoms. The van der Waals surface area contributed by atoms with Crippen molar-refractivity contribution >= 4 is 5.65 Å². The molecule has 2 aromatic heterocycles. The molecule has 0 unspecified atom stereocenters. The number of fused-ring (bicyclic) bond motifs is 1. The van der Waals surface area contributed by atoms with E-state index >= 15 is 0 Å². The molecule has 0 aliphatic rings. The van der Waals surface area contributed by atoms with Crippen LogP contribution in [0.4, 0.5) is 0 Å². The summed E-state index contributed by atoms with van der Waals surface area (Å²) in [4.78, 5) is 20.6. The summed E-state index contributed by atoms with van der Waals surface area (Å²) in [6.45, 7) is 1.67. The largest absolute Gasteiger partial charge is 0.293 e. The first-order chi connectivity index (χ1) is 12.7. The second kappa shape index (κ2) is 6.22. The molecule has 2 heterocycles. The van der Waals surface area contributed by atoms with Gasteiger partial charge in [-0.3, -0.25) is 4.79 Å². The van der Waals surface area contributed by atoms with Crippen LogP contribution in [-0.4, -0.2) is 19.6 Å². The summed E-state index contributed by atoms with van der Waals surface area (Å²) in [6, 6.07) is 21.1. The Morgan fingerprint density at radius 1 is 0.885 bits per heavy atom. The van der Waals surface area contributed by atoms with Crippen LogP contribution >= 0.6 is 0 Å². The third kappa shape index (κ3) is 2.52. The minimum atomic E-state index is -0.592. The standard InChI is InChI=1S/C20H13N5O/c1-13-22-20(26)16(12-21)19-23-17(14-8-4-2-5-9-14)18(24-25(13)19)15-10-6-3-7-11-15/h2-11H,1H3. The zero-order chi connectivity index (χ0) is 18.1. The van der Waals surface area contributed by atoms with Crippen molar-refractivity contribution < 1.29 is 0 Å². The third-order valence-corrected chi connectivity index (χ3v) is 4.06. The first kappa shape index (κ1) is 15.7. The zero-order valence-corrected chi connectivity index (χ0v) is 13.9. The van der Waals surface area contributed by atoms with Crippen molar-refractivity contribution in [1.82, 2.24) is 19.6 Å². The predicted octanol–water partition coefficient (Wildman–Crippen LogP) is 3.00. The number of benzene rings is 2. The van der Waals surface area contributed by atoms with Gasteiger partial charge in [0.2, 0.25) is 0 Å². The number of rotatable bonds is 2. The predicted molar refractivity (Wildman–Crippen MR) is 97.4 cm³/mol. The van der Waals surface area contributed by atoms with Gasteiger partial charge >= 0.3 is 0 Å². The Labute approximate surface area is 149 Å². The maximum Gasteiger partial charge on any atom is 0.293 e. The first-order valence-corrected chi connectivity index (χ1v) is 8.01. The Morgan fingerprint density at radius 3 is 2.04 bits per heavy atom. The van der Waals surface area contributed by atoms with Gasteiger partial charge in [-0.25, -0.2) is 4.98 Å². The third-order valence-electron chi connectivity index (χ3n) is 4.06. The van der Waals surface area contributed by atoms with Crippen molar-refractivity contribution in [3.63, 3.8) is 0 Å². The van der Waals surface area contributed by atoms with Gasteiger partial charge in [0.15, 0.2) is 11.2 Å². The molecule has 0 bridgehead atoms. The van der Waals surface area contributed by atoms with Gasteiger partial charge in [0.1, 0.15) is 23.3 Å². The number of aryl methyl sites for hydroxylation is 1. The van der Waals surface area contributed by atoms with Gasteiger partial charge in [-0.05, 0) is 6.92 Å². The molecule has 0 fully saturated rings. The van der Waals surface area contributed by atoms with E-state index in [1.54, 1.807) is 6.92 Å². The molecule has 0 saturated heterocycles. The van der Waals surface area contributed by atoms with Crippen LogP contribution in [0, 0.1) is 18.3 Å². The van der Waals surface area contributed by atoms with Crippen LogP contribution < -0.4 is 5.56 Å². The SMILES string of the molecule is Cc1nc(=O)c(C#N)c2nc(-c3ccccc3)c(-c3ccccc3)nn12. The molecule has 0 radical (unpaired) electrons. The average molecular weight is 339 g/mol. The van der Waals surface area contributed by atoms with Crippen molar-refractivity contribution in [3.8, 4) is 28.6 Å². The fourth-order valence-electron chi connectivity index (χ4n) is 2.82. The molecule has 0 N–H and O–H groups in total. The topological polar surface area (TPSA) is 83.9 Å². The highest BCUT2D eigenvalue weighted by Crippen LogP contribution is 2.29. The molecule has 0 amide bonds. The van der Waals surface area contributed by atoms with Gasteiger partial charge in [0.05, 0.1) is 0 Å². The Kier molecular flexibility index (Phi) is 3.75. The van der Waals surface area contributed by atoms with Crippen LogP contribution in [0.1, 0.15) is 11.4 Å². The van der Waals surface area contributed by atoms with E-state index in [4.69, 9.17) is 0 Å². The average Bonchev–Trinajstić information content (AvgIpc) is 2.69. The van der Waals surface area contributed by atoms with Gasteiger partial charge in [0, 0.05) is 11.1 Å². The van der Waals surface area contributed by atoms with E-state index in [9.17, 15) is 10.1 Å². The molecule has 0 saturated carbocycles. The molecule has 124 valence electrons. The van der Waals surface area contributed by atoms with E-state index in [-0.39, 0.29) is 11.2 Å². The second-order valence-corrected chi connectivity index (χ2v) is 5.73. The highest BCUT2D eigenvalue weighted by atomic mass is 16.1. The van der Waals surface area contributed by atoms with Crippen LogP contribution in [0.5, 0.6) is 0 Å². The van der Waals surface area contributed by atoms with E-state index in [2.05, 4.69) is 15.1 Å². The van der Waals surface area contributed by atoms with Crippen molar-refractivity contribution in [1.29, 1.82) is 5.26 Å². The fraction of sp³-hybridized carbons (Fsp3) is 0.0500. The molecular formula is C20H13N5O. The van der Waals surface area contributed by atoms with E-state index in [1.807, 2.05) is 66.7 Å². The van der Waals surface area contributed by atoms with Crippen LogP contribution in [0.2, 0.25) is 0 Å². The summed E-state index contributed by atoms with van der Waals surface area (Å²) in [5.41, 5.74) is 2.51. The van der Waals surface area contributed by atoms with Crippen molar-refractivity contribution in [2.75, 3.05) is 0 Å². The molecule has 0 aliphatic carbocycles. The monoisotopic (exact) mass is 339 g/mol. The Hall–Kier alpha value is -3.85. The molecule has 4 rings (SSSR count). The Morgan fingerprint density at radius 2 is 1.46 bits per heavy atom. The van der Waals surface area contributed by atoms with Crippen LogP contribution in [-0.2, 0) is 0 Å². The fourth-order valence-corrected chi connectivity index (χ4v) is 2.82. The molecule has 0 atom stereocenters. The van der Waals surface area contributed by atoms with E-state index in [0.29, 0.717) is 17.2 Å². The quantitative estimate of drug-likeness (QED) is 0.560. The van der Waals surface area contributed by atoms with Gasteiger partial charge < -0.3 is 0 Å². The first-order valence-electron chi connectivity index (χ1n) is 8.01. The number of aromatic nitrogens is 4. The summed E-state index contributed by atoms with van der Waals surface area (Å²) < 4.78 is 1.45.